The van der Waals surface area contributed by atoms with E-state index >= 15 is 0 Å². The molecule has 0 saturated heterocycles. The molecule has 0 bridgehead atoms. The van der Waals surface area contributed by atoms with E-state index in [2.05, 4.69) is 4.98 Å². The van der Waals surface area contributed by atoms with Crippen LogP contribution in [0.1, 0.15) is 31.2 Å². The quantitative estimate of drug-likeness (QED) is 0.718. The highest BCUT2D eigenvalue weighted by atomic mass is 19.1. The normalized spacial score (nSPS) is 20.5. The molecule has 1 aromatic heterocycles. The van der Waals surface area contributed by atoms with Gasteiger partial charge in [-0.1, -0.05) is 12.8 Å². The number of aromatic nitrogens is 1. The van der Waals surface area contributed by atoms with Crippen molar-refractivity contribution in [2.24, 2.45) is 0 Å². The zero-order chi connectivity index (χ0) is 9.31. The van der Waals surface area contributed by atoms with Crippen LogP contribution in [0.4, 0.5) is 4.39 Å². The van der Waals surface area contributed by atoms with E-state index in [1.165, 1.54) is 6.20 Å². The van der Waals surface area contributed by atoms with Crippen molar-refractivity contribution in [1.29, 1.82) is 0 Å². The van der Waals surface area contributed by atoms with Crippen molar-refractivity contribution in [2.45, 2.75) is 31.3 Å². The largest absolute Gasteiger partial charge is 0.385 e. The molecule has 0 aliphatic heterocycles. The lowest BCUT2D eigenvalue weighted by atomic mass is 9.93. The van der Waals surface area contributed by atoms with Crippen LogP contribution < -0.4 is 0 Å². The summed E-state index contributed by atoms with van der Waals surface area (Å²) in [6.45, 7) is 0. The predicted molar refractivity (Wildman–Crippen MR) is 46.6 cm³/mol. The highest BCUT2D eigenvalue weighted by Gasteiger charge is 2.35. The minimum Gasteiger partial charge on any atom is -0.385 e. The molecular formula is C10H12FNO. The van der Waals surface area contributed by atoms with Gasteiger partial charge in [0.15, 0.2) is 0 Å². The molecule has 1 aromatic rings. The average Bonchev–Trinajstić information content (AvgIpc) is 2.54. The fourth-order valence-electron chi connectivity index (χ4n) is 1.98. The van der Waals surface area contributed by atoms with E-state index in [4.69, 9.17) is 0 Å². The summed E-state index contributed by atoms with van der Waals surface area (Å²) < 4.78 is 13.3. The van der Waals surface area contributed by atoms with Crippen LogP contribution in [0.25, 0.3) is 0 Å². The Labute approximate surface area is 76.4 Å². The van der Waals surface area contributed by atoms with E-state index in [0.29, 0.717) is 18.4 Å². The summed E-state index contributed by atoms with van der Waals surface area (Å²) in [4.78, 5) is 3.66. The van der Waals surface area contributed by atoms with Crippen LogP contribution in [0.5, 0.6) is 0 Å². The molecule has 1 aliphatic rings. The summed E-state index contributed by atoms with van der Waals surface area (Å²) >= 11 is 0. The SMILES string of the molecule is OC1(c2ccncc2F)CCCC1. The predicted octanol–water partition coefficient (Wildman–Crippen LogP) is 1.98. The highest BCUT2D eigenvalue weighted by Crippen LogP contribution is 2.39. The maximum absolute atomic E-state index is 13.3. The van der Waals surface area contributed by atoms with Gasteiger partial charge in [-0.15, -0.1) is 0 Å². The molecule has 70 valence electrons. The fraction of sp³-hybridized carbons (Fsp3) is 0.500. The highest BCUT2D eigenvalue weighted by molar-refractivity contribution is 5.22. The molecule has 3 heteroatoms. The first-order valence-corrected chi connectivity index (χ1v) is 4.55. The summed E-state index contributed by atoms with van der Waals surface area (Å²) in [6.07, 6.45) is 5.94. The first-order chi connectivity index (χ1) is 6.22. The molecule has 0 unspecified atom stereocenters. The Kier molecular flexibility index (Phi) is 2.04. The molecule has 1 aliphatic carbocycles. The molecule has 0 radical (unpaired) electrons. The minimum atomic E-state index is -0.937. The summed E-state index contributed by atoms with van der Waals surface area (Å²) in [5.41, 5.74) is -0.535. The van der Waals surface area contributed by atoms with Gasteiger partial charge in [0, 0.05) is 11.8 Å². The minimum absolute atomic E-state index is 0.396. The molecular weight excluding hydrogens is 169 g/mol. The van der Waals surface area contributed by atoms with Gasteiger partial charge < -0.3 is 5.11 Å². The van der Waals surface area contributed by atoms with Crippen molar-refractivity contribution in [1.82, 2.24) is 4.98 Å². The molecule has 0 atom stereocenters. The third kappa shape index (κ3) is 1.44. The lowest BCUT2D eigenvalue weighted by Crippen LogP contribution is -2.22. The first-order valence-electron chi connectivity index (χ1n) is 4.55. The van der Waals surface area contributed by atoms with Crippen LogP contribution in [-0.4, -0.2) is 10.1 Å². The van der Waals surface area contributed by atoms with Crippen LogP contribution in [0.3, 0.4) is 0 Å². The summed E-state index contributed by atoms with van der Waals surface area (Å²) in [5, 5.41) is 10.1. The van der Waals surface area contributed by atoms with Crippen molar-refractivity contribution in [3.8, 4) is 0 Å². The number of pyridine rings is 1. The number of aliphatic hydroxyl groups is 1. The Morgan fingerprint density at radius 2 is 2.08 bits per heavy atom. The summed E-state index contributed by atoms with van der Waals surface area (Å²) in [5.74, 6) is -0.396. The molecule has 13 heavy (non-hydrogen) atoms. The third-order valence-corrected chi connectivity index (χ3v) is 2.70. The summed E-state index contributed by atoms with van der Waals surface area (Å²) in [6, 6.07) is 1.57. The smallest absolute Gasteiger partial charge is 0.147 e. The molecule has 1 saturated carbocycles. The molecule has 0 spiro atoms. The van der Waals surface area contributed by atoms with Crippen molar-refractivity contribution in [2.75, 3.05) is 0 Å². The average molecular weight is 181 g/mol. The van der Waals surface area contributed by atoms with Crippen LogP contribution >= 0.6 is 0 Å². The van der Waals surface area contributed by atoms with Gasteiger partial charge in [0.1, 0.15) is 5.82 Å². The molecule has 2 nitrogen and oxygen atoms in total. The molecule has 1 heterocycles. The van der Waals surface area contributed by atoms with E-state index in [1.54, 1.807) is 6.07 Å². The van der Waals surface area contributed by atoms with E-state index in [9.17, 15) is 9.50 Å². The Balaban J connectivity index is 2.39. The number of rotatable bonds is 1. The monoisotopic (exact) mass is 181 g/mol. The second-order valence-corrected chi connectivity index (χ2v) is 3.59. The summed E-state index contributed by atoms with van der Waals surface area (Å²) in [7, 11) is 0. The van der Waals surface area contributed by atoms with E-state index in [-0.39, 0.29) is 0 Å². The Morgan fingerprint density at radius 1 is 1.38 bits per heavy atom. The second-order valence-electron chi connectivity index (χ2n) is 3.59. The Morgan fingerprint density at radius 3 is 2.69 bits per heavy atom. The topological polar surface area (TPSA) is 33.1 Å². The lowest BCUT2D eigenvalue weighted by molar-refractivity contribution is 0.0406. The molecule has 1 N–H and O–H groups in total. The number of hydrogen-bond donors (Lipinski definition) is 1. The second kappa shape index (κ2) is 3.07. The van der Waals surface area contributed by atoms with Crippen LogP contribution in [0, 0.1) is 5.82 Å². The number of hydrogen-bond acceptors (Lipinski definition) is 2. The molecule has 0 amide bonds. The van der Waals surface area contributed by atoms with Gasteiger partial charge in [-0.25, -0.2) is 4.39 Å². The molecule has 1 fully saturated rings. The molecule has 2 rings (SSSR count). The fourth-order valence-corrected chi connectivity index (χ4v) is 1.98. The first kappa shape index (κ1) is 8.63. The van der Waals surface area contributed by atoms with Crippen LogP contribution in [-0.2, 0) is 5.60 Å². The van der Waals surface area contributed by atoms with Crippen molar-refractivity contribution in [3.05, 3.63) is 29.8 Å². The van der Waals surface area contributed by atoms with Gasteiger partial charge in [0.25, 0.3) is 0 Å². The van der Waals surface area contributed by atoms with Crippen LogP contribution in [0.15, 0.2) is 18.5 Å². The van der Waals surface area contributed by atoms with Crippen molar-refractivity contribution >= 4 is 0 Å². The van der Waals surface area contributed by atoms with Crippen molar-refractivity contribution < 1.29 is 9.50 Å². The van der Waals surface area contributed by atoms with Crippen LogP contribution in [0.2, 0.25) is 0 Å². The zero-order valence-electron chi connectivity index (χ0n) is 7.33. The Bertz CT molecular complexity index is 308. The van der Waals surface area contributed by atoms with Gasteiger partial charge in [0.05, 0.1) is 11.8 Å². The Hall–Kier alpha value is -0.960. The molecule has 0 aromatic carbocycles. The van der Waals surface area contributed by atoms with E-state index < -0.39 is 11.4 Å². The third-order valence-electron chi connectivity index (χ3n) is 2.70. The maximum atomic E-state index is 13.3. The van der Waals surface area contributed by atoms with Gasteiger partial charge in [-0.3, -0.25) is 4.98 Å². The van der Waals surface area contributed by atoms with E-state index in [0.717, 1.165) is 19.0 Å². The standard InChI is InChI=1S/C10H12FNO/c11-9-7-12-6-3-8(9)10(13)4-1-2-5-10/h3,6-7,13H,1-2,4-5H2. The van der Waals surface area contributed by atoms with E-state index in [1.807, 2.05) is 0 Å². The van der Waals surface area contributed by atoms with Gasteiger partial charge in [-0.05, 0) is 18.9 Å². The van der Waals surface area contributed by atoms with Gasteiger partial charge in [-0.2, -0.15) is 0 Å². The van der Waals surface area contributed by atoms with Crippen molar-refractivity contribution in [3.63, 3.8) is 0 Å². The van der Waals surface area contributed by atoms with Gasteiger partial charge in [0.2, 0.25) is 0 Å². The zero-order valence-corrected chi connectivity index (χ0v) is 7.33. The lowest BCUT2D eigenvalue weighted by Gasteiger charge is -2.22. The number of nitrogens with zero attached hydrogens (tertiary/aromatic N) is 1. The maximum Gasteiger partial charge on any atom is 0.147 e. The number of halogens is 1. The van der Waals surface area contributed by atoms with Gasteiger partial charge >= 0.3 is 0 Å².